The average molecular weight is 524 g/mol. The minimum atomic E-state index is -4.55. The van der Waals surface area contributed by atoms with Crippen molar-refractivity contribution in [3.8, 4) is 5.75 Å². The summed E-state index contributed by atoms with van der Waals surface area (Å²) in [5.74, 6) is -1.15. The number of hydrogen-bond acceptors (Lipinski definition) is 4. The number of hydrazone groups is 1. The lowest BCUT2D eigenvalue weighted by Crippen LogP contribution is -2.24. The number of benzene rings is 3. The van der Waals surface area contributed by atoms with E-state index >= 15 is 0 Å². The van der Waals surface area contributed by atoms with Gasteiger partial charge in [0.1, 0.15) is 18.8 Å². The predicted molar refractivity (Wildman–Crippen MR) is 128 cm³/mol. The van der Waals surface area contributed by atoms with Gasteiger partial charge in [-0.25, -0.2) is 5.43 Å². The first-order valence-electron chi connectivity index (χ1n) is 10.1. The second-order valence-corrected chi connectivity index (χ2v) is 8.00. The lowest BCUT2D eigenvalue weighted by Gasteiger charge is -2.11. The molecule has 0 atom stereocenters. The van der Waals surface area contributed by atoms with Crippen LogP contribution in [0.15, 0.2) is 71.8 Å². The highest BCUT2D eigenvalue weighted by molar-refractivity contribution is 6.31. The molecule has 0 aliphatic heterocycles. The van der Waals surface area contributed by atoms with Crippen LogP contribution in [-0.2, 0) is 22.4 Å². The fourth-order valence-electron chi connectivity index (χ4n) is 2.86. The van der Waals surface area contributed by atoms with E-state index in [9.17, 15) is 22.8 Å². The summed E-state index contributed by atoms with van der Waals surface area (Å²) in [5.41, 5.74) is 2.41. The molecule has 3 aromatic rings. The molecular weight excluding hydrogens is 506 g/mol. The van der Waals surface area contributed by atoms with E-state index < -0.39 is 30.0 Å². The van der Waals surface area contributed by atoms with Crippen LogP contribution in [0.3, 0.4) is 0 Å². The molecule has 3 aromatic carbocycles. The number of nitrogens with one attached hydrogen (secondary N) is 2. The molecule has 0 fully saturated rings. The second kappa shape index (κ2) is 11.7. The Labute approximate surface area is 208 Å². The smallest absolute Gasteiger partial charge is 0.416 e. The largest absolute Gasteiger partial charge is 0.488 e. The van der Waals surface area contributed by atoms with Gasteiger partial charge in [0.25, 0.3) is 0 Å². The Morgan fingerprint density at radius 3 is 2.49 bits per heavy atom. The zero-order valence-electron chi connectivity index (χ0n) is 17.9. The van der Waals surface area contributed by atoms with Crippen molar-refractivity contribution < 1.29 is 27.5 Å². The van der Waals surface area contributed by atoms with E-state index in [4.69, 9.17) is 27.9 Å². The standard InChI is InChI=1S/C24H18Cl2F3N3O3/c25-18-8-9-21(35-14-15-4-1-2-7-20(15)26)16(10-18)13-30-32-23(34)12-22(33)31-19-6-3-5-17(11-19)24(27,28)29/h1-11,13H,12,14H2,(H,31,33)(H,32,34). The van der Waals surface area contributed by atoms with Crippen molar-refractivity contribution in [2.45, 2.75) is 19.2 Å². The number of alkyl halides is 3. The van der Waals surface area contributed by atoms with Gasteiger partial charge in [0, 0.05) is 26.9 Å². The van der Waals surface area contributed by atoms with E-state index in [1.807, 2.05) is 12.1 Å². The number of carbonyl (C=O) groups is 2. The Balaban J connectivity index is 1.57. The van der Waals surface area contributed by atoms with Crippen molar-refractivity contribution in [3.63, 3.8) is 0 Å². The van der Waals surface area contributed by atoms with Crippen LogP contribution in [0.2, 0.25) is 10.0 Å². The molecule has 0 aliphatic rings. The minimum absolute atomic E-state index is 0.0830. The lowest BCUT2D eigenvalue weighted by molar-refractivity contribution is -0.137. The Morgan fingerprint density at radius 2 is 1.74 bits per heavy atom. The molecule has 0 bridgehead atoms. The van der Waals surface area contributed by atoms with Gasteiger partial charge in [0.15, 0.2) is 0 Å². The minimum Gasteiger partial charge on any atom is -0.488 e. The molecule has 0 saturated carbocycles. The van der Waals surface area contributed by atoms with E-state index in [1.54, 1.807) is 30.3 Å². The molecule has 0 heterocycles. The summed E-state index contributed by atoms with van der Waals surface area (Å²) in [6, 6.07) is 16.1. The van der Waals surface area contributed by atoms with Crippen LogP contribution >= 0.6 is 23.2 Å². The monoisotopic (exact) mass is 523 g/mol. The maximum absolute atomic E-state index is 12.8. The maximum Gasteiger partial charge on any atom is 0.416 e. The number of amides is 2. The van der Waals surface area contributed by atoms with Gasteiger partial charge in [-0.15, -0.1) is 0 Å². The molecule has 182 valence electrons. The zero-order valence-corrected chi connectivity index (χ0v) is 19.4. The summed E-state index contributed by atoms with van der Waals surface area (Å²) in [7, 11) is 0. The summed E-state index contributed by atoms with van der Waals surface area (Å²) in [6.07, 6.45) is -3.92. The van der Waals surface area contributed by atoms with Crippen LogP contribution in [-0.4, -0.2) is 18.0 Å². The molecule has 6 nitrogen and oxygen atoms in total. The van der Waals surface area contributed by atoms with Crippen LogP contribution in [0.25, 0.3) is 0 Å². The maximum atomic E-state index is 12.8. The molecule has 0 spiro atoms. The summed E-state index contributed by atoms with van der Waals surface area (Å²) in [5, 5.41) is 7.01. The van der Waals surface area contributed by atoms with Gasteiger partial charge in [-0.3, -0.25) is 9.59 Å². The quantitative estimate of drug-likeness (QED) is 0.213. The molecule has 2 amide bonds. The molecule has 0 saturated heterocycles. The Morgan fingerprint density at radius 1 is 0.971 bits per heavy atom. The number of carbonyl (C=O) groups excluding carboxylic acids is 2. The van der Waals surface area contributed by atoms with Crippen LogP contribution in [0.4, 0.5) is 18.9 Å². The van der Waals surface area contributed by atoms with Gasteiger partial charge >= 0.3 is 6.18 Å². The highest BCUT2D eigenvalue weighted by atomic mass is 35.5. The third-order valence-corrected chi connectivity index (χ3v) is 5.10. The Bertz CT molecular complexity index is 1250. The number of halogens is 5. The summed E-state index contributed by atoms with van der Waals surface area (Å²) >= 11 is 12.2. The number of nitrogens with zero attached hydrogens (tertiary/aromatic N) is 1. The van der Waals surface area contributed by atoms with Crippen molar-refractivity contribution in [1.82, 2.24) is 5.43 Å². The number of ether oxygens (including phenoxy) is 1. The molecular formula is C24H18Cl2F3N3O3. The van der Waals surface area contributed by atoms with E-state index in [0.717, 1.165) is 23.8 Å². The van der Waals surface area contributed by atoms with Gasteiger partial charge in [0.2, 0.25) is 11.8 Å². The molecule has 0 radical (unpaired) electrons. The number of rotatable bonds is 8. The summed E-state index contributed by atoms with van der Waals surface area (Å²) in [4.78, 5) is 24.0. The SMILES string of the molecule is O=C(CC(=O)Nc1cccc(C(F)(F)F)c1)NN=Cc1cc(Cl)ccc1OCc1ccccc1Cl. The van der Waals surface area contributed by atoms with E-state index in [2.05, 4.69) is 15.8 Å². The van der Waals surface area contributed by atoms with Gasteiger partial charge in [-0.05, 0) is 42.5 Å². The van der Waals surface area contributed by atoms with Crippen molar-refractivity contribution in [2.24, 2.45) is 5.10 Å². The molecule has 0 unspecified atom stereocenters. The van der Waals surface area contributed by atoms with Gasteiger partial charge in [-0.2, -0.15) is 18.3 Å². The normalized spacial score (nSPS) is 11.3. The Kier molecular flexibility index (Phi) is 8.73. The van der Waals surface area contributed by atoms with E-state index in [-0.39, 0.29) is 12.3 Å². The first-order valence-corrected chi connectivity index (χ1v) is 10.8. The van der Waals surface area contributed by atoms with Crippen LogP contribution in [0.1, 0.15) is 23.1 Å². The van der Waals surface area contributed by atoms with Gasteiger partial charge < -0.3 is 10.1 Å². The number of hydrogen-bond donors (Lipinski definition) is 2. The van der Waals surface area contributed by atoms with Crippen molar-refractivity contribution >= 4 is 46.9 Å². The van der Waals surface area contributed by atoms with Gasteiger partial charge in [0.05, 0.1) is 11.8 Å². The average Bonchev–Trinajstić information content (AvgIpc) is 2.79. The molecule has 35 heavy (non-hydrogen) atoms. The molecule has 0 aromatic heterocycles. The molecule has 2 N–H and O–H groups in total. The fourth-order valence-corrected chi connectivity index (χ4v) is 3.23. The Hall–Kier alpha value is -3.56. The molecule has 11 heteroatoms. The topological polar surface area (TPSA) is 79.8 Å². The van der Waals surface area contributed by atoms with Crippen molar-refractivity contribution in [1.29, 1.82) is 0 Å². The predicted octanol–water partition coefficient (Wildman–Crippen LogP) is 6.07. The third-order valence-electron chi connectivity index (χ3n) is 4.50. The third kappa shape index (κ3) is 8.01. The zero-order chi connectivity index (χ0) is 25.4. The fraction of sp³-hybridized carbons (Fsp3) is 0.125. The van der Waals surface area contributed by atoms with E-state index in [0.29, 0.717) is 21.4 Å². The van der Waals surface area contributed by atoms with Crippen LogP contribution in [0.5, 0.6) is 5.75 Å². The summed E-state index contributed by atoms with van der Waals surface area (Å²) < 4.78 is 44.1. The first-order chi connectivity index (χ1) is 16.6. The van der Waals surface area contributed by atoms with Crippen LogP contribution < -0.4 is 15.5 Å². The highest BCUT2D eigenvalue weighted by Gasteiger charge is 2.30. The van der Waals surface area contributed by atoms with Crippen molar-refractivity contribution in [2.75, 3.05) is 5.32 Å². The lowest BCUT2D eigenvalue weighted by atomic mass is 10.2. The molecule has 0 aliphatic carbocycles. The molecule has 3 rings (SSSR count). The highest BCUT2D eigenvalue weighted by Crippen LogP contribution is 2.30. The second-order valence-electron chi connectivity index (χ2n) is 7.16. The first kappa shape index (κ1) is 26.1. The number of anilines is 1. The summed E-state index contributed by atoms with van der Waals surface area (Å²) in [6.45, 7) is 0.185. The van der Waals surface area contributed by atoms with Gasteiger partial charge in [-0.1, -0.05) is 47.5 Å². The van der Waals surface area contributed by atoms with E-state index in [1.165, 1.54) is 12.3 Å². The van der Waals surface area contributed by atoms with Crippen molar-refractivity contribution in [3.05, 3.63) is 93.5 Å². The van der Waals surface area contributed by atoms with Crippen LogP contribution in [0, 0.1) is 0 Å².